The molecule has 0 aliphatic carbocycles. The standard InChI is InChI=1S/C13H24N4/c1-6-17(8-10(2)3)9-13-15-11(4)7-12(14-5)16-13/h7,10H,6,8-9H2,1-5H3,(H,14,15,16). The smallest absolute Gasteiger partial charge is 0.144 e. The van der Waals surface area contributed by atoms with Crippen LogP contribution in [0.5, 0.6) is 0 Å². The second-order valence-corrected chi connectivity index (χ2v) is 4.78. The lowest BCUT2D eigenvalue weighted by Gasteiger charge is -2.21. The Bertz CT molecular complexity index is 349. The first-order valence-electron chi connectivity index (χ1n) is 6.29. The molecule has 4 nitrogen and oxygen atoms in total. The van der Waals surface area contributed by atoms with E-state index in [2.05, 4.69) is 41.0 Å². The average Bonchev–Trinajstić information content (AvgIpc) is 2.26. The molecule has 1 rings (SSSR count). The van der Waals surface area contributed by atoms with Gasteiger partial charge in [-0.15, -0.1) is 0 Å². The van der Waals surface area contributed by atoms with Crippen LogP contribution in [-0.4, -0.2) is 35.0 Å². The van der Waals surface area contributed by atoms with Gasteiger partial charge in [0.2, 0.25) is 0 Å². The van der Waals surface area contributed by atoms with Crippen LogP contribution >= 0.6 is 0 Å². The number of aromatic nitrogens is 2. The van der Waals surface area contributed by atoms with Crippen LogP contribution in [0.1, 0.15) is 32.3 Å². The molecule has 0 spiro atoms. The zero-order chi connectivity index (χ0) is 12.8. The van der Waals surface area contributed by atoms with E-state index in [1.807, 2.05) is 20.0 Å². The number of hydrogen-bond acceptors (Lipinski definition) is 4. The van der Waals surface area contributed by atoms with Crippen molar-refractivity contribution < 1.29 is 0 Å². The minimum absolute atomic E-state index is 0.670. The van der Waals surface area contributed by atoms with Crippen LogP contribution in [0, 0.1) is 12.8 Å². The van der Waals surface area contributed by atoms with Gasteiger partial charge < -0.3 is 5.32 Å². The van der Waals surface area contributed by atoms with E-state index in [1.165, 1.54) is 0 Å². The first kappa shape index (κ1) is 13.9. The summed E-state index contributed by atoms with van der Waals surface area (Å²) in [6.07, 6.45) is 0. The summed E-state index contributed by atoms with van der Waals surface area (Å²) in [5, 5.41) is 3.07. The van der Waals surface area contributed by atoms with Crippen LogP contribution in [0.3, 0.4) is 0 Å². The van der Waals surface area contributed by atoms with Crippen molar-refractivity contribution in [3.8, 4) is 0 Å². The summed E-state index contributed by atoms with van der Waals surface area (Å²) in [4.78, 5) is 11.3. The van der Waals surface area contributed by atoms with Gasteiger partial charge in [0.15, 0.2) is 0 Å². The molecule has 0 amide bonds. The molecule has 0 bridgehead atoms. The lowest BCUT2D eigenvalue weighted by Crippen LogP contribution is -2.28. The van der Waals surface area contributed by atoms with Crippen molar-refractivity contribution in [3.05, 3.63) is 17.6 Å². The van der Waals surface area contributed by atoms with Gasteiger partial charge in [-0.05, 0) is 19.4 Å². The summed E-state index contributed by atoms with van der Waals surface area (Å²) in [6.45, 7) is 11.6. The molecule has 1 aromatic heterocycles. The molecule has 0 saturated heterocycles. The molecule has 1 N–H and O–H groups in total. The highest BCUT2D eigenvalue weighted by molar-refractivity contribution is 5.34. The highest BCUT2D eigenvalue weighted by Gasteiger charge is 2.09. The van der Waals surface area contributed by atoms with E-state index < -0.39 is 0 Å². The summed E-state index contributed by atoms with van der Waals surface area (Å²) in [5.41, 5.74) is 1.01. The highest BCUT2D eigenvalue weighted by atomic mass is 15.1. The minimum Gasteiger partial charge on any atom is -0.373 e. The van der Waals surface area contributed by atoms with Crippen molar-refractivity contribution in [1.82, 2.24) is 14.9 Å². The third-order valence-electron chi connectivity index (χ3n) is 2.59. The van der Waals surface area contributed by atoms with Crippen LogP contribution in [0.4, 0.5) is 5.82 Å². The molecule has 1 aromatic rings. The number of aryl methyl sites for hydroxylation is 1. The van der Waals surface area contributed by atoms with E-state index in [4.69, 9.17) is 0 Å². The van der Waals surface area contributed by atoms with Crippen LogP contribution in [-0.2, 0) is 6.54 Å². The molecule has 1 heterocycles. The van der Waals surface area contributed by atoms with Crippen molar-refractivity contribution in [2.75, 3.05) is 25.5 Å². The summed E-state index contributed by atoms with van der Waals surface area (Å²) in [5.74, 6) is 2.47. The Balaban J connectivity index is 2.74. The molecular formula is C13H24N4. The zero-order valence-electron chi connectivity index (χ0n) is 11.6. The number of hydrogen-bond donors (Lipinski definition) is 1. The van der Waals surface area contributed by atoms with Crippen molar-refractivity contribution in [2.24, 2.45) is 5.92 Å². The SMILES string of the molecule is CCN(Cc1nc(C)cc(NC)n1)CC(C)C. The van der Waals surface area contributed by atoms with Gasteiger partial charge in [0.05, 0.1) is 6.54 Å². The number of nitrogens with one attached hydrogen (secondary N) is 1. The van der Waals surface area contributed by atoms with Crippen LogP contribution in [0.2, 0.25) is 0 Å². The summed E-state index contributed by atoms with van der Waals surface area (Å²) in [7, 11) is 1.89. The van der Waals surface area contributed by atoms with E-state index in [0.717, 1.165) is 37.0 Å². The Hall–Kier alpha value is -1.16. The Morgan fingerprint density at radius 3 is 2.59 bits per heavy atom. The highest BCUT2D eigenvalue weighted by Crippen LogP contribution is 2.08. The normalized spacial score (nSPS) is 11.2. The van der Waals surface area contributed by atoms with E-state index in [-0.39, 0.29) is 0 Å². The quantitative estimate of drug-likeness (QED) is 0.823. The molecule has 0 fully saturated rings. The van der Waals surface area contributed by atoms with Gasteiger partial charge in [-0.3, -0.25) is 4.90 Å². The Morgan fingerprint density at radius 2 is 2.06 bits per heavy atom. The Kier molecular flexibility index (Phi) is 5.35. The predicted molar refractivity (Wildman–Crippen MR) is 72.1 cm³/mol. The maximum atomic E-state index is 4.48. The number of rotatable bonds is 6. The van der Waals surface area contributed by atoms with Gasteiger partial charge in [0.25, 0.3) is 0 Å². The lowest BCUT2D eigenvalue weighted by atomic mass is 10.2. The van der Waals surface area contributed by atoms with Gasteiger partial charge in [0, 0.05) is 25.4 Å². The Morgan fingerprint density at radius 1 is 1.35 bits per heavy atom. The summed E-state index contributed by atoms with van der Waals surface area (Å²) < 4.78 is 0. The molecule has 17 heavy (non-hydrogen) atoms. The number of anilines is 1. The molecule has 0 aromatic carbocycles. The fourth-order valence-corrected chi connectivity index (χ4v) is 1.85. The topological polar surface area (TPSA) is 41.1 Å². The van der Waals surface area contributed by atoms with Crippen LogP contribution < -0.4 is 5.32 Å². The molecule has 0 atom stereocenters. The first-order valence-corrected chi connectivity index (χ1v) is 6.29. The van der Waals surface area contributed by atoms with Crippen molar-refractivity contribution in [2.45, 2.75) is 34.2 Å². The van der Waals surface area contributed by atoms with Crippen molar-refractivity contribution in [1.29, 1.82) is 0 Å². The lowest BCUT2D eigenvalue weighted by molar-refractivity contribution is 0.242. The molecule has 4 heteroatoms. The summed E-state index contributed by atoms with van der Waals surface area (Å²) in [6, 6.07) is 1.96. The van der Waals surface area contributed by atoms with Gasteiger partial charge in [0.1, 0.15) is 11.6 Å². The molecule has 96 valence electrons. The monoisotopic (exact) mass is 236 g/mol. The molecule has 0 aliphatic heterocycles. The summed E-state index contributed by atoms with van der Waals surface area (Å²) >= 11 is 0. The minimum atomic E-state index is 0.670. The second-order valence-electron chi connectivity index (χ2n) is 4.78. The fourth-order valence-electron chi connectivity index (χ4n) is 1.85. The van der Waals surface area contributed by atoms with Gasteiger partial charge in [-0.2, -0.15) is 0 Å². The van der Waals surface area contributed by atoms with Crippen molar-refractivity contribution >= 4 is 5.82 Å². The third-order valence-corrected chi connectivity index (χ3v) is 2.59. The predicted octanol–water partition coefficient (Wildman–Crippen LogP) is 2.30. The fraction of sp³-hybridized carbons (Fsp3) is 0.692. The first-order chi connectivity index (χ1) is 8.05. The van der Waals surface area contributed by atoms with Crippen LogP contribution in [0.15, 0.2) is 6.07 Å². The molecule has 0 aliphatic rings. The second kappa shape index (κ2) is 6.55. The molecule has 0 unspecified atom stereocenters. The largest absolute Gasteiger partial charge is 0.373 e. The van der Waals surface area contributed by atoms with E-state index in [9.17, 15) is 0 Å². The van der Waals surface area contributed by atoms with Gasteiger partial charge in [-0.25, -0.2) is 9.97 Å². The third kappa shape index (κ3) is 4.69. The zero-order valence-corrected chi connectivity index (χ0v) is 11.6. The molecular weight excluding hydrogens is 212 g/mol. The average molecular weight is 236 g/mol. The molecule has 0 saturated carbocycles. The maximum absolute atomic E-state index is 4.48. The van der Waals surface area contributed by atoms with Gasteiger partial charge in [-0.1, -0.05) is 20.8 Å². The number of nitrogens with zero attached hydrogens (tertiary/aromatic N) is 3. The van der Waals surface area contributed by atoms with E-state index in [0.29, 0.717) is 5.92 Å². The van der Waals surface area contributed by atoms with Crippen LogP contribution in [0.25, 0.3) is 0 Å². The van der Waals surface area contributed by atoms with E-state index >= 15 is 0 Å². The molecule has 0 radical (unpaired) electrons. The van der Waals surface area contributed by atoms with Crippen molar-refractivity contribution in [3.63, 3.8) is 0 Å². The van der Waals surface area contributed by atoms with E-state index in [1.54, 1.807) is 0 Å². The van der Waals surface area contributed by atoms with Gasteiger partial charge >= 0.3 is 0 Å². The maximum Gasteiger partial charge on any atom is 0.144 e. The Labute approximate surface area is 104 Å².